The molecule has 0 aliphatic heterocycles. The lowest BCUT2D eigenvalue weighted by Gasteiger charge is -2.11. The van der Waals surface area contributed by atoms with Crippen LogP contribution < -0.4 is 16.4 Å². The highest BCUT2D eigenvalue weighted by Crippen LogP contribution is 1.80. The minimum Gasteiger partial charge on any atom is -0.368 e. The number of hydrogen-bond donors (Lipinski definition) is 3. The van der Waals surface area contributed by atoms with E-state index >= 15 is 0 Å². The van der Waals surface area contributed by atoms with Crippen molar-refractivity contribution in [2.45, 2.75) is 19.9 Å². The molecule has 4 N–H and O–H groups in total. The molecule has 0 aromatic heterocycles. The topological polar surface area (TPSA) is 101 Å². The van der Waals surface area contributed by atoms with Crippen LogP contribution in [0.15, 0.2) is 0 Å². The molecule has 74 valence electrons. The molecule has 0 spiro atoms. The standard InChI is InChI=1S/C7H13N3O3/c1-4(10-5(2)11)7(13)9-3-6(8)12/h4H,3H2,1-2H3,(H2,8,12)(H,9,13)(H,10,11). The lowest BCUT2D eigenvalue weighted by atomic mass is 10.3. The van der Waals surface area contributed by atoms with Crippen molar-refractivity contribution < 1.29 is 14.4 Å². The molecule has 1 unspecified atom stereocenters. The third-order valence-corrected chi connectivity index (χ3v) is 1.25. The molecule has 0 saturated carbocycles. The molecule has 0 aliphatic carbocycles. The highest BCUT2D eigenvalue weighted by Gasteiger charge is 2.13. The second-order valence-electron chi connectivity index (χ2n) is 2.61. The van der Waals surface area contributed by atoms with Crippen molar-refractivity contribution in [3.05, 3.63) is 0 Å². The van der Waals surface area contributed by atoms with E-state index in [1.807, 2.05) is 0 Å². The molecular weight excluding hydrogens is 174 g/mol. The zero-order valence-corrected chi connectivity index (χ0v) is 7.59. The molecule has 6 heteroatoms. The van der Waals surface area contributed by atoms with Crippen molar-refractivity contribution in [3.8, 4) is 0 Å². The summed E-state index contributed by atoms with van der Waals surface area (Å²) in [6, 6.07) is -0.656. The van der Waals surface area contributed by atoms with Gasteiger partial charge in [-0.3, -0.25) is 14.4 Å². The Kier molecular flexibility index (Phi) is 4.50. The highest BCUT2D eigenvalue weighted by atomic mass is 16.2. The van der Waals surface area contributed by atoms with Gasteiger partial charge in [0.05, 0.1) is 6.54 Å². The van der Waals surface area contributed by atoms with Gasteiger partial charge in [-0.05, 0) is 6.92 Å². The fraction of sp³-hybridized carbons (Fsp3) is 0.571. The zero-order valence-electron chi connectivity index (χ0n) is 7.59. The van der Waals surface area contributed by atoms with Crippen LogP contribution in [-0.2, 0) is 14.4 Å². The Bertz CT molecular complexity index is 227. The summed E-state index contributed by atoms with van der Waals surface area (Å²) in [5, 5.41) is 4.62. The highest BCUT2D eigenvalue weighted by molar-refractivity contribution is 5.89. The van der Waals surface area contributed by atoms with Gasteiger partial charge in [0.15, 0.2) is 0 Å². The second kappa shape index (κ2) is 5.13. The number of nitrogens with two attached hydrogens (primary N) is 1. The Morgan fingerprint density at radius 3 is 2.31 bits per heavy atom. The predicted octanol–water partition coefficient (Wildman–Crippen LogP) is -1.89. The molecule has 13 heavy (non-hydrogen) atoms. The number of amides is 3. The maximum absolute atomic E-state index is 11.0. The van der Waals surface area contributed by atoms with E-state index in [-0.39, 0.29) is 12.5 Å². The van der Waals surface area contributed by atoms with Gasteiger partial charge in [0.2, 0.25) is 17.7 Å². The predicted molar refractivity (Wildman–Crippen MR) is 45.5 cm³/mol. The van der Waals surface area contributed by atoms with Crippen molar-refractivity contribution >= 4 is 17.7 Å². The average molecular weight is 187 g/mol. The van der Waals surface area contributed by atoms with Gasteiger partial charge in [0.25, 0.3) is 0 Å². The SMILES string of the molecule is CC(=O)NC(C)C(=O)NCC(N)=O. The van der Waals surface area contributed by atoms with Crippen LogP contribution in [0.1, 0.15) is 13.8 Å². The molecule has 0 heterocycles. The van der Waals surface area contributed by atoms with Gasteiger partial charge < -0.3 is 16.4 Å². The molecular formula is C7H13N3O3. The van der Waals surface area contributed by atoms with Gasteiger partial charge in [-0.15, -0.1) is 0 Å². The van der Waals surface area contributed by atoms with E-state index in [9.17, 15) is 14.4 Å². The summed E-state index contributed by atoms with van der Waals surface area (Å²) in [4.78, 5) is 31.8. The molecule has 0 rings (SSSR count). The summed E-state index contributed by atoms with van der Waals surface area (Å²) in [5.41, 5.74) is 4.80. The van der Waals surface area contributed by atoms with Gasteiger partial charge in [0, 0.05) is 6.92 Å². The van der Waals surface area contributed by atoms with E-state index in [1.54, 1.807) is 0 Å². The second-order valence-corrected chi connectivity index (χ2v) is 2.61. The van der Waals surface area contributed by atoms with Gasteiger partial charge in [-0.2, -0.15) is 0 Å². The molecule has 0 aromatic rings. The minimum absolute atomic E-state index is 0.219. The van der Waals surface area contributed by atoms with E-state index in [4.69, 9.17) is 5.73 Å². The number of rotatable bonds is 4. The Hall–Kier alpha value is -1.59. The fourth-order valence-electron chi connectivity index (χ4n) is 0.698. The Morgan fingerprint density at radius 1 is 1.38 bits per heavy atom. The molecule has 0 radical (unpaired) electrons. The van der Waals surface area contributed by atoms with Crippen LogP contribution in [0, 0.1) is 0 Å². The first kappa shape index (κ1) is 11.4. The first-order valence-electron chi connectivity index (χ1n) is 3.76. The lowest BCUT2D eigenvalue weighted by molar-refractivity contribution is -0.128. The first-order valence-corrected chi connectivity index (χ1v) is 3.76. The zero-order chi connectivity index (χ0) is 10.4. The number of nitrogens with one attached hydrogen (secondary N) is 2. The van der Waals surface area contributed by atoms with Crippen molar-refractivity contribution in [1.82, 2.24) is 10.6 Å². The van der Waals surface area contributed by atoms with Crippen LogP contribution in [0.3, 0.4) is 0 Å². The van der Waals surface area contributed by atoms with E-state index in [0.29, 0.717) is 0 Å². The number of carbonyl (C=O) groups is 3. The van der Waals surface area contributed by atoms with Crippen LogP contribution >= 0.6 is 0 Å². The Labute approximate surface area is 75.9 Å². The Morgan fingerprint density at radius 2 is 1.92 bits per heavy atom. The third kappa shape index (κ3) is 5.66. The van der Waals surface area contributed by atoms with Crippen molar-refractivity contribution in [3.63, 3.8) is 0 Å². The quantitative estimate of drug-likeness (QED) is 0.479. The van der Waals surface area contributed by atoms with Crippen LogP contribution in [-0.4, -0.2) is 30.3 Å². The third-order valence-electron chi connectivity index (χ3n) is 1.25. The van der Waals surface area contributed by atoms with E-state index in [1.165, 1.54) is 13.8 Å². The van der Waals surface area contributed by atoms with Crippen LogP contribution in [0.2, 0.25) is 0 Å². The van der Waals surface area contributed by atoms with E-state index in [0.717, 1.165) is 0 Å². The molecule has 0 aliphatic rings. The number of carbonyl (C=O) groups excluding carboxylic acids is 3. The molecule has 0 bridgehead atoms. The number of hydrogen-bond acceptors (Lipinski definition) is 3. The van der Waals surface area contributed by atoms with Gasteiger partial charge in [-0.1, -0.05) is 0 Å². The maximum Gasteiger partial charge on any atom is 0.242 e. The van der Waals surface area contributed by atoms with E-state index in [2.05, 4.69) is 10.6 Å². The van der Waals surface area contributed by atoms with Gasteiger partial charge in [-0.25, -0.2) is 0 Å². The largest absolute Gasteiger partial charge is 0.368 e. The van der Waals surface area contributed by atoms with Crippen molar-refractivity contribution in [2.24, 2.45) is 5.73 Å². The fourth-order valence-corrected chi connectivity index (χ4v) is 0.698. The monoisotopic (exact) mass is 187 g/mol. The summed E-state index contributed by atoms with van der Waals surface area (Å²) in [6.07, 6.45) is 0. The van der Waals surface area contributed by atoms with Crippen LogP contribution in [0.5, 0.6) is 0 Å². The molecule has 0 fully saturated rings. The molecule has 1 atom stereocenters. The van der Waals surface area contributed by atoms with Crippen LogP contribution in [0.4, 0.5) is 0 Å². The molecule has 0 aromatic carbocycles. The molecule has 3 amide bonds. The lowest BCUT2D eigenvalue weighted by Crippen LogP contribution is -2.46. The van der Waals surface area contributed by atoms with E-state index < -0.39 is 17.9 Å². The van der Waals surface area contributed by atoms with Gasteiger partial charge in [0.1, 0.15) is 6.04 Å². The summed E-state index contributed by atoms with van der Waals surface area (Å²) >= 11 is 0. The average Bonchev–Trinajstić information content (AvgIpc) is 1.98. The summed E-state index contributed by atoms with van der Waals surface area (Å²) in [5.74, 6) is -1.36. The van der Waals surface area contributed by atoms with Crippen LogP contribution in [0.25, 0.3) is 0 Å². The van der Waals surface area contributed by atoms with Gasteiger partial charge >= 0.3 is 0 Å². The summed E-state index contributed by atoms with van der Waals surface area (Å²) in [7, 11) is 0. The number of primary amides is 1. The summed E-state index contributed by atoms with van der Waals surface area (Å²) < 4.78 is 0. The summed E-state index contributed by atoms with van der Waals surface area (Å²) in [6.45, 7) is 2.60. The molecule has 6 nitrogen and oxygen atoms in total. The normalized spacial score (nSPS) is 11.5. The smallest absolute Gasteiger partial charge is 0.242 e. The minimum atomic E-state index is -0.656. The molecule has 0 saturated heterocycles. The first-order chi connectivity index (χ1) is 5.93. The Balaban J connectivity index is 3.82. The van der Waals surface area contributed by atoms with Crippen molar-refractivity contribution in [2.75, 3.05) is 6.54 Å². The van der Waals surface area contributed by atoms with Crippen molar-refractivity contribution in [1.29, 1.82) is 0 Å². The maximum atomic E-state index is 11.0.